The van der Waals surface area contributed by atoms with E-state index in [2.05, 4.69) is 31.4 Å². The van der Waals surface area contributed by atoms with Crippen LogP contribution in [0.1, 0.15) is 46.5 Å². The van der Waals surface area contributed by atoms with Gasteiger partial charge in [-0.05, 0) is 38.5 Å². The van der Waals surface area contributed by atoms with Gasteiger partial charge in [-0.3, -0.25) is 4.79 Å². The van der Waals surface area contributed by atoms with Gasteiger partial charge in [0.25, 0.3) is 0 Å². The Morgan fingerprint density at radius 3 is 2.75 bits per heavy atom. The summed E-state index contributed by atoms with van der Waals surface area (Å²) >= 11 is 0. The fraction of sp³-hybridized carbons (Fsp3) is 0.923. The Kier molecular flexibility index (Phi) is 5.81. The lowest BCUT2D eigenvalue weighted by Crippen LogP contribution is -2.44. The van der Waals surface area contributed by atoms with Crippen LogP contribution >= 0.6 is 0 Å². The summed E-state index contributed by atoms with van der Waals surface area (Å²) < 4.78 is 0. The summed E-state index contributed by atoms with van der Waals surface area (Å²) in [6.07, 6.45) is 4.44. The number of amides is 1. The van der Waals surface area contributed by atoms with Gasteiger partial charge in [0.1, 0.15) is 0 Å². The number of hydrogen-bond acceptors (Lipinski definition) is 2. The lowest BCUT2D eigenvalue weighted by molar-refractivity contribution is -0.125. The van der Waals surface area contributed by atoms with Crippen molar-refractivity contribution in [2.24, 2.45) is 11.8 Å². The maximum atomic E-state index is 11.8. The average Bonchev–Trinajstić information content (AvgIpc) is 2.25. The van der Waals surface area contributed by atoms with Gasteiger partial charge in [0, 0.05) is 19.1 Å². The molecular formula is C13H26N2O. The third-order valence-corrected chi connectivity index (χ3v) is 3.29. The molecule has 1 amide bonds. The van der Waals surface area contributed by atoms with E-state index in [-0.39, 0.29) is 11.8 Å². The van der Waals surface area contributed by atoms with Crippen LogP contribution in [0.3, 0.4) is 0 Å². The number of rotatable bonds is 5. The van der Waals surface area contributed by atoms with Crippen LogP contribution in [0.4, 0.5) is 0 Å². The Hall–Kier alpha value is -0.570. The second-order valence-corrected chi connectivity index (χ2v) is 5.41. The van der Waals surface area contributed by atoms with Crippen LogP contribution in [0.25, 0.3) is 0 Å². The Bertz CT molecular complexity index is 208. The molecule has 3 heteroatoms. The molecule has 2 atom stereocenters. The second kappa shape index (κ2) is 6.89. The molecule has 3 nitrogen and oxygen atoms in total. The molecule has 1 aliphatic heterocycles. The Morgan fingerprint density at radius 2 is 2.19 bits per heavy atom. The van der Waals surface area contributed by atoms with Crippen molar-refractivity contribution in [2.75, 3.05) is 13.1 Å². The van der Waals surface area contributed by atoms with E-state index in [4.69, 9.17) is 0 Å². The van der Waals surface area contributed by atoms with Gasteiger partial charge in [0.15, 0.2) is 0 Å². The van der Waals surface area contributed by atoms with Crippen molar-refractivity contribution < 1.29 is 4.79 Å². The highest BCUT2D eigenvalue weighted by Crippen LogP contribution is 2.14. The molecule has 1 saturated heterocycles. The largest absolute Gasteiger partial charge is 0.356 e. The number of hydrogen-bond donors (Lipinski definition) is 2. The van der Waals surface area contributed by atoms with E-state index in [1.54, 1.807) is 0 Å². The highest BCUT2D eigenvalue weighted by molar-refractivity contribution is 5.78. The molecule has 1 fully saturated rings. The predicted octanol–water partition coefficient (Wildman–Crippen LogP) is 1.93. The van der Waals surface area contributed by atoms with Crippen molar-refractivity contribution in [3.8, 4) is 0 Å². The molecule has 0 bridgehead atoms. The van der Waals surface area contributed by atoms with E-state index in [1.807, 2.05) is 0 Å². The SMILES string of the molecule is CC(C)CCCNC(=O)C1CCC(C)NC1. The van der Waals surface area contributed by atoms with Gasteiger partial charge >= 0.3 is 0 Å². The number of carbonyl (C=O) groups excluding carboxylic acids is 1. The quantitative estimate of drug-likeness (QED) is 0.703. The second-order valence-electron chi connectivity index (χ2n) is 5.41. The molecule has 0 spiro atoms. The number of nitrogens with one attached hydrogen (secondary N) is 2. The van der Waals surface area contributed by atoms with Gasteiger partial charge in [0.2, 0.25) is 5.91 Å². The van der Waals surface area contributed by atoms with Crippen molar-refractivity contribution in [3.05, 3.63) is 0 Å². The van der Waals surface area contributed by atoms with Crippen LogP contribution in [-0.2, 0) is 4.79 Å². The zero-order valence-electron chi connectivity index (χ0n) is 10.9. The summed E-state index contributed by atoms with van der Waals surface area (Å²) in [5.41, 5.74) is 0. The first kappa shape index (κ1) is 13.5. The maximum absolute atomic E-state index is 11.8. The highest BCUT2D eigenvalue weighted by Gasteiger charge is 2.23. The van der Waals surface area contributed by atoms with Gasteiger partial charge in [-0.1, -0.05) is 13.8 Å². The molecule has 2 N–H and O–H groups in total. The van der Waals surface area contributed by atoms with Gasteiger partial charge in [0.05, 0.1) is 5.92 Å². The van der Waals surface area contributed by atoms with Crippen molar-refractivity contribution >= 4 is 5.91 Å². The minimum absolute atomic E-state index is 0.190. The Morgan fingerprint density at radius 1 is 1.44 bits per heavy atom. The summed E-state index contributed by atoms with van der Waals surface area (Å²) in [7, 11) is 0. The van der Waals surface area contributed by atoms with Gasteiger partial charge in [-0.25, -0.2) is 0 Å². The van der Waals surface area contributed by atoms with Crippen LogP contribution in [-0.4, -0.2) is 25.0 Å². The molecule has 0 radical (unpaired) electrons. The van der Waals surface area contributed by atoms with E-state index in [1.165, 1.54) is 6.42 Å². The van der Waals surface area contributed by atoms with Crippen LogP contribution in [0.15, 0.2) is 0 Å². The van der Waals surface area contributed by atoms with E-state index in [0.29, 0.717) is 6.04 Å². The highest BCUT2D eigenvalue weighted by atomic mass is 16.1. The maximum Gasteiger partial charge on any atom is 0.224 e. The summed E-state index contributed by atoms with van der Waals surface area (Å²) in [6, 6.07) is 0.574. The van der Waals surface area contributed by atoms with Crippen molar-refractivity contribution in [1.29, 1.82) is 0 Å². The first-order valence-corrected chi connectivity index (χ1v) is 6.60. The Balaban J connectivity index is 2.10. The van der Waals surface area contributed by atoms with Crippen LogP contribution in [0.2, 0.25) is 0 Å². The minimum Gasteiger partial charge on any atom is -0.356 e. The molecule has 0 aromatic carbocycles. The van der Waals surface area contributed by atoms with Crippen molar-refractivity contribution in [3.63, 3.8) is 0 Å². The molecule has 0 aliphatic carbocycles. The van der Waals surface area contributed by atoms with E-state index in [0.717, 1.165) is 38.3 Å². The lowest BCUT2D eigenvalue weighted by atomic mass is 9.95. The van der Waals surface area contributed by atoms with Gasteiger partial charge in [-0.2, -0.15) is 0 Å². The van der Waals surface area contributed by atoms with Crippen LogP contribution in [0, 0.1) is 11.8 Å². The normalized spacial score (nSPS) is 25.8. The molecule has 1 rings (SSSR count). The van der Waals surface area contributed by atoms with Crippen molar-refractivity contribution in [2.45, 2.75) is 52.5 Å². The molecule has 94 valence electrons. The summed E-state index contributed by atoms with van der Waals surface area (Å²) in [6.45, 7) is 8.29. The predicted molar refractivity (Wildman–Crippen MR) is 67.3 cm³/mol. The third-order valence-electron chi connectivity index (χ3n) is 3.29. The molecule has 0 aromatic heterocycles. The molecule has 0 aromatic rings. The monoisotopic (exact) mass is 226 g/mol. The van der Waals surface area contributed by atoms with Crippen molar-refractivity contribution in [1.82, 2.24) is 10.6 Å². The topological polar surface area (TPSA) is 41.1 Å². The van der Waals surface area contributed by atoms with Crippen LogP contribution in [0.5, 0.6) is 0 Å². The fourth-order valence-electron chi connectivity index (χ4n) is 2.09. The summed E-state index contributed by atoms with van der Waals surface area (Å²) in [4.78, 5) is 11.8. The third kappa shape index (κ3) is 4.97. The summed E-state index contributed by atoms with van der Waals surface area (Å²) in [5.74, 6) is 1.16. The van der Waals surface area contributed by atoms with E-state index < -0.39 is 0 Å². The smallest absolute Gasteiger partial charge is 0.224 e. The molecule has 16 heavy (non-hydrogen) atoms. The number of carbonyl (C=O) groups is 1. The molecule has 2 unspecified atom stereocenters. The van der Waals surface area contributed by atoms with E-state index in [9.17, 15) is 4.79 Å². The van der Waals surface area contributed by atoms with E-state index >= 15 is 0 Å². The zero-order chi connectivity index (χ0) is 12.0. The first-order chi connectivity index (χ1) is 7.59. The number of piperidine rings is 1. The molecular weight excluding hydrogens is 200 g/mol. The standard InChI is InChI=1S/C13H26N2O/c1-10(2)5-4-8-14-13(16)12-7-6-11(3)15-9-12/h10-12,15H,4-9H2,1-3H3,(H,14,16). The molecule has 1 heterocycles. The lowest BCUT2D eigenvalue weighted by Gasteiger charge is -2.26. The molecule has 1 aliphatic rings. The van der Waals surface area contributed by atoms with Gasteiger partial charge < -0.3 is 10.6 Å². The average molecular weight is 226 g/mol. The summed E-state index contributed by atoms with van der Waals surface area (Å²) in [5, 5.41) is 6.40. The zero-order valence-corrected chi connectivity index (χ0v) is 10.9. The van der Waals surface area contributed by atoms with Gasteiger partial charge in [-0.15, -0.1) is 0 Å². The Labute approximate surface area is 99.4 Å². The first-order valence-electron chi connectivity index (χ1n) is 6.60. The van der Waals surface area contributed by atoms with Crippen LogP contribution < -0.4 is 10.6 Å². The fourth-order valence-corrected chi connectivity index (χ4v) is 2.09. The molecule has 0 saturated carbocycles. The minimum atomic E-state index is 0.190.